The average Bonchev–Trinajstić information content (AvgIpc) is 2.33. The summed E-state index contributed by atoms with van der Waals surface area (Å²) in [5.74, 6) is -1.60. The summed E-state index contributed by atoms with van der Waals surface area (Å²) in [5, 5.41) is 0.387. The number of halogens is 3. The van der Waals surface area contributed by atoms with E-state index in [4.69, 9.17) is 11.6 Å². The highest BCUT2D eigenvalue weighted by molar-refractivity contribution is 7.92. The molecule has 0 aliphatic rings. The van der Waals surface area contributed by atoms with Crippen LogP contribution in [0.25, 0.3) is 0 Å². The second-order valence-corrected chi connectivity index (χ2v) is 6.23. The van der Waals surface area contributed by atoms with E-state index in [1.807, 2.05) is 4.72 Å². The first-order valence-electron chi connectivity index (χ1n) is 5.53. The van der Waals surface area contributed by atoms with Gasteiger partial charge in [0.1, 0.15) is 11.6 Å². The van der Waals surface area contributed by atoms with Crippen molar-refractivity contribution >= 4 is 27.3 Å². The molecule has 0 aromatic heterocycles. The molecular weight excluding hydrogens is 308 g/mol. The molecule has 0 aliphatic heterocycles. The van der Waals surface area contributed by atoms with Gasteiger partial charge in [0.2, 0.25) is 0 Å². The molecule has 1 N–H and O–H groups in total. The van der Waals surface area contributed by atoms with Crippen LogP contribution in [0.2, 0.25) is 5.02 Å². The minimum absolute atomic E-state index is 0.0504. The molecule has 0 bridgehead atoms. The molecule has 0 radical (unpaired) electrons. The van der Waals surface area contributed by atoms with E-state index in [1.165, 1.54) is 18.2 Å². The van der Waals surface area contributed by atoms with E-state index >= 15 is 0 Å². The van der Waals surface area contributed by atoms with Crippen molar-refractivity contribution in [1.29, 1.82) is 0 Å². The predicted molar refractivity (Wildman–Crippen MR) is 73.4 cm³/mol. The van der Waals surface area contributed by atoms with Crippen molar-refractivity contribution in [1.82, 2.24) is 0 Å². The van der Waals surface area contributed by atoms with Crippen LogP contribution in [0.1, 0.15) is 5.56 Å². The summed E-state index contributed by atoms with van der Waals surface area (Å²) in [4.78, 5) is -0.0504. The van der Waals surface area contributed by atoms with Crippen LogP contribution in [0.4, 0.5) is 14.5 Å². The van der Waals surface area contributed by atoms with Crippen molar-refractivity contribution in [3.8, 4) is 0 Å². The van der Waals surface area contributed by atoms with Gasteiger partial charge in [0, 0.05) is 11.1 Å². The van der Waals surface area contributed by atoms with Crippen LogP contribution in [-0.4, -0.2) is 8.42 Å². The first-order chi connectivity index (χ1) is 9.29. The topological polar surface area (TPSA) is 46.2 Å². The molecule has 0 atom stereocenters. The van der Waals surface area contributed by atoms with E-state index in [1.54, 1.807) is 6.92 Å². The zero-order chi connectivity index (χ0) is 14.9. The standard InChI is InChI=1S/C13H10ClF2NO2S/c1-8-6-9(14)2-5-13(8)20(18,19)17-12-7-10(15)3-4-11(12)16/h2-7,17H,1H3. The Balaban J connectivity index is 2.43. The lowest BCUT2D eigenvalue weighted by Crippen LogP contribution is -2.15. The van der Waals surface area contributed by atoms with Gasteiger partial charge in [-0.2, -0.15) is 0 Å². The van der Waals surface area contributed by atoms with Crippen molar-refractivity contribution in [3.05, 3.63) is 58.6 Å². The molecule has 3 nitrogen and oxygen atoms in total. The largest absolute Gasteiger partial charge is 0.277 e. The Morgan fingerprint density at radius 3 is 2.45 bits per heavy atom. The number of anilines is 1. The van der Waals surface area contributed by atoms with Crippen LogP contribution in [-0.2, 0) is 10.0 Å². The number of hydrogen-bond donors (Lipinski definition) is 1. The van der Waals surface area contributed by atoms with Gasteiger partial charge in [0.15, 0.2) is 0 Å². The van der Waals surface area contributed by atoms with Crippen LogP contribution in [0.5, 0.6) is 0 Å². The van der Waals surface area contributed by atoms with E-state index in [2.05, 4.69) is 0 Å². The van der Waals surface area contributed by atoms with Crippen molar-refractivity contribution in [3.63, 3.8) is 0 Å². The van der Waals surface area contributed by atoms with Crippen LogP contribution in [0.15, 0.2) is 41.3 Å². The quantitative estimate of drug-likeness (QED) is 0.937. The molecule has 2 aromatic rings. The third-order valence-corrected chi connectivity index (χ3v) is 4.36. The molecule has 0 unspecified atom stereocenters. The lowest BCUT2D eigenvalue weighted by Gasteiger charge is -2.11. The normalized spacial score (nSPS) is 11.4. The first kappa shape index (κ1) is 14.7. The highest BCUT2D eigenvalue weighted by atomic mass is 35.5. The van der Waals surface area contributed by atoms with Crippen LogP contribution < -0.4 is 4.72 Å². The minimum Gasteiger partial charge on any atom is -0.277 e. The monoisotopic (exact) mass is 317 g/mol. The van der Waals surface area contributed by atoms with E-state index in [0.717, 1.165) is 18.2 Å². The fraction of sp³-hybridized carbons (Fsp3) is 0.0769. The number of hydrogen-bond acceptors (Lipinski definition) is 2. The third-order valence-electron chi connectivity index (χ3n) is 2.60. The first-order valence-corrected chi connectivity index (χ1v) is 7.40. The third kappa shape index (κ3) is 3.08. The summed E-state index contributed by atoms with van der Waals surface area (Å²) < 4.78 is 52.8. The van der Waals surface area contributed by atoms with Gasteiger partial charge in [-0.05, 0) is 42.8 Å². The summed E-state index contributed by atoms with van der Waals surface area (Å²) in [6.45, 7) is 1.56. The molecule has 0 amide bonds. The molecule has 0 spiro atoms. The molecule has 0 fully saturated rings. The van der Waals surface area contributed by atoms with Crippen LogP contribution in [0, 0.1) is 18.6 Å². The summed E-state index contributed by atoms with van der Waals surface area (Å²) in [6, 6.07) is 6.71. The lowest BCUT2D eigenvalue weighted by atomic mass is 10.2. The van der Waals surface area contributed by atoms with E-state index in [9.17, 15) is 17.2 Å². The molecule has 0 heterocycles. The van der Waals surface area contributed by atoms with Crippen LogP contribution in [0.3, 0.4) is 0 Å². The molecule has 20 heavy (non-hydrogen) atoms. The summed E-state index contributed by atoms with van der Waals surface area (Å²) in [6.07, 6.45) is 0. The number of rotatable bonds is 3. The smallest absolute Gasteiger partial charge is 0.262 e. The molecule has 2 rings (SSSR count). The number of nitrogens with one attached hydrogen (secondary N) is 1. The highest BCUT2D eigenvalue weighted by Crippen LogP contribution is 2.24. The fourth-order valence-electron chi connectivity index (χ4n) is 1.69. The SMILES string of the molecule is Cc1cc(Cl)ccc1S(=O)(=O)Nc1cc(F)ccc1F. The van der Waals surface area contributed by atoms with Crippen molar-refractivity contribution in [2.45, 2.75) is 11.8 Å². The zero-order valence-corrected chi connectivity index (χ0v) is 11.9. The van der Waals surface area contributed by atoms with E-state index in [0.29, 0.717) is 10.6 Å². The molecule has 0 saturated carbocycles. The van der Waals surface area contributed by atoms with Crippen molar-refractivity contribution < 1.29 is 17.2 Å². The van der Waals surface area contributed by atoms with E-state index < -0.39 is 27.3 Å². The Kier molecular flexibility index (Phi) is 3.96. The second-order valence-electron chi connectivity index (χ2n) is 4.14. The molecule has 106 valence electrons. The maximum atomic E-state index is 13.5. The van der Waals surface area contributed by atoms with Gasteiger partial charge in [-0.25, -0.2) is 17.2 Å². The zero-order valence-electron chi connectivity index (χ0n) is 10.3. The van der Waals surface area contributed by atoms with E-state index in [-0.39, 0.29) is 4.90 Å². The maximum absolute atomic E-state index is 13.5. The number of sulfonamides is 1. The van der Waals surface area contributed by atoms with Crippen LogP contribution >= 0.6 is 11.6 Å². The van der Waals surface area contributed by atoms with Gasteiger partial charge in [-0.15, -0.1) is 0 Å². The summed E-state index contributed by atoms with van der Waals surface area (Å²) in [7, 11) is -4.02. The Morgan fingerprint density at radius 2 is 1.80 bits per heavy atom. The second kappa shape index (κ2) is 5.38. The number of aryl methyl sites for hydroxylation is 1. The average molecular weight is 318 g/mol. The molecular formula is C13H10ClF2NO2S. The fourth-order valence-corrected chi connectivity index (χ4v) is 3.20. The Labute approximate surface area is 120 Å². The number of benzene rings is 2. The van der Waals surface area contributed by atoms with Gasteiger partial charge >= 0.3 is 0 Å². The molecule has 7 heteroatoms. The van der Waals surface area contributed by atoms with Crippen molar-refractivity contribution in [2.75, 3.05) is 4.72 Å². The summed E-state index contributed by atoms with van der Waals surface area (Å²) >= 11 is 5.75. The van der Waals surface area contributed by atoms with Gasteiger partial charge in [-0.3, -0.25) is 4.72 Å². The Hall–Kier alpha value is -1.66. The molecule has 0 saturated heterocycles. The molecule has 2 aromatic carbocycles. The Bertz CT molecular complexity index is 763. The highest BCUT2D eigenvalue weighted by Gasteiger charge is 2.19. The summed E-state index contributed by atoms with van der Waals surface area (Å²) in [5.41, 5.74) is -0.0406. The molecule has 0 aliphatic carbocycles. The predicted octanol–water partition coefficient (Wildman–Crippen LogP) is 3.73. The maximum Gasteiger partial charge on any atom is 0.262 e. The van der Waals surface area contributed by atoms with Gasteiger partial charge in [0.25, 0.3) is 10.0 Å². The minimum atomic E-state index is -4.02. The van der Waals surface area contributed by atoms with Gasteiger partial charge < -0.3 is 0 Å². The van der Waals surface area contributed by atoms with Gasteiger partial charge in [-0.1, -0.05) is 11.6 Å². The van der Waals surface area contributed by atoms with Gasteiger partial charge in [0.05, 0.1) is 10.6 Å². The lowest BCUT2D eigenvalue weighted by molar-refractivity contribution is 0.594. The van der Waals surface area contributed by atoms with Crippen molar-refractivity contribution in [2.24, 2.45) is 0 Å². The Morgan fingerprint density at radius 1 is 1.10 bits per heavy atom.